The van der Waals surface area contributed by atoms with Crippen LogP contribution in [0.15, 0.2) is 16.5 Å². The van der Waals surface area contributed by atoms with Crippen LogP contribution in [-0.2, 0) is 11.3 Å². The summed E-state index contributed by atoms with van der Waals surface area (Å²) in [4.78, 5) is 24.6. The molecule has 0 unspecified atom stereocenters. The Morgan fingerprint density at radius 2 is 2.06 bits per heavy atom. The van der Waals surface area contributed by atoms with Crippen LogP contribution < -0.4 is 5.73 Å². The van der Waals surface area contributed by atoms with Crippen molar-refractivity contribution in [2.24, 2.45) is 5.73 Å². The van der Waals surface area contributed by atoms with Gasteiger partial charge in [0.15, 0.2) is 5.76 Å². The maximum Gasteiger partial charge on any atom is 0.329 e. The number of hydrogen-bond acceptors (Lipinski definition) is 4. The molecule has 1 aromatic heterocycles. The Kier molecular flexibility index (Phi) is 4.13. The maximum atomic E-state index is 12.2. The normalized spacial score (nSPS) is 11.3. The first-order valence-corrected chi connectivity index (χ1v) is 5.68. The largest absolute Gasteiger partial charge is 0.480 e. The summed E-state index contributed by atoms with van der Waals surface area (Å²) in [6, 6.07) is 3.11. The van der Waals surface area contributed by atoms with Crippen molar-refractivity contribution in [1.29, 1.82) is 0 Å². The summed E-state index contributed by atoms with van der Waals surface area (Å²) < 4.78 is 5.24. The second-order valence-corrected chi connectivity index (χ2v) is 4.38. The Labute approximate surface area is 105 Å². The van der Waals surface area contributed by atoms with Gasteiger partial charge in [0.1, 0.15) is 11.3 Å². The molecule has 100 valence electrons. The van der Waals surface area contributed by atoms with Crippen LogP contribution in [-0.4, -0.2) is 34.0 Å². The van der Waals surface area contributed by atoms with Crippen LogP contribution in [0.4, 0.5) is 0 Å². The van der Waals surface area contributed by atoms with E-state index in [9.17, 15) is 9.59 Å². The molecule has 0 aromatic carbocycles. The molecule has 0 aliphatic rings. The molecule has 1 heterocycles. The average molecular weight is 254 g/mol. The highest BCUT2D eigenvalue weighted by molar-refractivity contribution is 5.95. The number of carboxylic acid groups (broad SMARTS) is 1. The summed E-state index contributed by atoms with van der Waals surface area (Å²) >= 11 is 0. The number of carbonyl (C=O) groups excluding carboxylic acids is 1. The van der Waals surface area contributed by atoms with Gasteiger partial charge in [0.2, 0.25) is 0 Å². The van der Waals surface area contributed by atoms with Gasteiger partial charge in [-0.1, -0.05) is 0 Å². The molecular formula is C12H18N2O4. The van der Waals surface area contributed by atoms with Crippen molar-refractivity contribution >= 4 is 11.9 Å². The van der Waals surface area contributed by atoms with Gasteiger partial charge in [-0.15, -0.1) is 0 Å². The number of hydrogen-bond donors (Lipinski definition) is 2. The van der Waals surface area contributed by atoms with E-state index in [1.165, 1.54) is 24.8 Å². The van der Waals surface area contributed by atoms with Crippen molar-refractivity contribution in [3.8, 4) is 0 Å². The van der Waals surface area contributed by atoms with Gasteiger partial charge in [-0.2, -0.15) is 0 Å². The van der Waals surface area contributed by atoms with Crippen LogP contribution in [0, 0.1) is 0 Å². The summed E-state index contributed by atoms with van der Waals surface area (Å²) in [6.45, 7) is 5.14. The monoisotopic (exact) mass is 254 g/mol. The number of carboxylic acids is 1. The molecule has 0 bridgehead atoms. The molecule has 0 aliphatic carbocycles. The maximum absolute atomic E-state index is 12.2. The van der Waals surface area contributed by atoms with Gasteiger partial charge in [0.25, 0.3) is 5.91 Å². The lowest BCUT2D eigenvalue weighted by atomic mass is 10.0. The van der Waals surface area contributed by atoms with E-state index in [4.69, 9.17) is 15.3 Å². The summed E-state index contributed by atoms with van der Waals surface area (Å²) in [7, 11) is 0. The van der Waals surface area contributed by atoms with Gasteiger partial charge in [-0.25, -0.2) is 4.79 Å². The number of nitrogens with zero attached hydrogens (tertiary/aromatic N) is 1. The first-order valence-electron chi connectivity index (χ1n) is 5.68. The second kappa shape index (κ2) is 5.22. The van der Waals surface area contributed by atoms with Crippen molar-refractivity contribution in [2.75, 3.05) is 6.54 Å². The van der Waals surface area contributed by atoms with Gasteiger partial charge in [-0.3, -0.25) is 4.79 Å². The summed E-state index contributed by atoms with van der Waals surface area (Å²) in [5.74, 6) is -0.929. The Morgan fingerprint density at radius 1 is 1.44 bits per heavy atom. The van der Waals surface area contributed by atoms with Crippen LogP contribution in [0.2, 0.25) is 0 Å². The van der Waals surface area contributed by atoms with Crippen molar-refractivity contribution in [2.45, 2.75) is 32.9 Å². The van der Waals surface area contributed by atoms with E-state index in [-0.39, 0.29) is 18.8 Å². The van der Waals surface area contributed by atoms with Gasteiger partial charge >= 0.3 is 5.97 Å². The third-order valence-corrected chi connectivity index (χ3v) is 2.83. The van der Waals surface area contributed by atoms with E-state index in [1.54, 1.807) is 13.0 Å². The number of nitrogens with two attached hydrogens (primary N) is 1. The molecule has 1 rings (SSSR count). The van der Waals surface area contributed by atoms with Gasteiger partial charge in [0.05, 0.1) is 6.54 Å². The first kappa shape index (κ1) is 14.2. The standard InChI is InChI=1S/C12H18N2O4/c1-4-14(12(2,3)11(16)17)10(15)9-6-5-8(7-13)18-9/h5-6H,4,7,13H2,1-3H3,(H,16,17). The molecule has 0 aliphatic heterocycles. The molecule has 1 amide bonds. The molecule has 18 heavy (non-hydrogen) atoms. The third kappa shape index (κ3) is 2.53. The van der Waals surface area contributed by atoms with Crippen molar-refractivity contribution < 1.29 is 19.1 Å². The number of aliphatic carboxylic acids is 1. The van der Waals surface area contributed by atoms with E-state index in [0.29, 0.717) is 5.76 Å². The summed E-state index contributed by atoms with van der Waals surface area (Å²) in [6.07, 6.45) is 0. The molecule has 0 saturated carbocycles. The summed E-state index contributed by atoms with van der Waals surface area (Å²) in [5, 5.41) is 9.15. The second-order valence-electron chi connectivity index (χ2n) is 4.38. The molecule has 6 heteroatoms. The first-order chi connectivity index (χ1) is 8.34. The average Bonchev–Trinajstić information content (AvgIpc) is 2.77. The Bertz CT molecular complexity index is 451. The van der Waals surface area contributed by atoms with Crippen LogP contribution in [0.1, 0.15) is 37.1 Å². The van der Waals surface area contributed by atoms with E-state index in [2.05, 4.69) is 0 Å². The summed E-state index contributed by atoms with van der Waals surface area (Å²) in [5.41, 5.74) is 4.10. The van der Waals surface area contributed by atoms with Crippen molar-refractivity contribution in [1.82, 2.24) is 4.90 Å². The highest BCUT2D eigenvalue weighted by atomic mass is 16.4. The number of furan rings is 1. The number of carbonyl (C=O) groups is 2. The molecule has 0 saturated heterocycles. The Morgan fingerprint density at radius 3 is 2.44 bits per heavy atom. The fraction of sp³-hybridized carbons (Fsp3) is 0.500. The van der Waals surface area contributed by atoms with Crippen molar-refractivity contribution in [3.63, 3.8) is 0 Å². The third-order valence-electron chi connectivity index (χ3n) is 2.83. The lowest BCUT2D eigenvalue weighted by Crippen LogP contribution is -2.52. The fourth-order valence-corrected chi connectivity index (χ4v) is 1.64. The molecule has 3 N–H and O–H groups in total. The molecular weight excluding hydrogens is 236 g/mol. The highest BCUT2D eigenvalue weighted by Crippen LogP contribution is 2.19. The number of likely N-dealkylation sites (N-methyl/N-ethyl adjacent to an activating group) is 1. The van der Waals surface area contributed by atoms with Crippen LogP contribution >= 0.6 is 0 Å². The van der Waals surface area contributed by atoms with E-state index in [0.717, 1.165) is 0 Å². The number of rotatable bonds is 5. The van der Waals surface area contributed by atoms with E-state index < -0.39 is 17.4 Å². The fourth-order valence-electron chi connectivity index (χ4n) is 1.64. The topological polar surface area (TPSA) is 96.8 Å². The molecule has 1 aromatic rings. The molecule has 0 spiro atoms. The highest BCUT2D eigenvalue weighted by Gasteiger charge is 2.38. The van der Waals surface area contributed by atoms with E-state index >= 15 is 0 Å². The minimum atomic E-state index is -1.29. The zero-order valence-electron chi connectivity index (χ0n) is 10.8. The lowest BCUT2D eigenvalue weighted by molar-refractivity contribution is -0.147. The minimum absolute atomic E-state index is 0.103. The zero-order chi connectivity index (χ0) is 13.9. The Balaban J connectivity index is 3.02. The zero-order valence-corrected chi connectivity index (χ0v) is 10.8. The predicted molar refractivity (Wildman–Crippen MR) is 65.0 cm³/mol. The van der Waals surface area contributed by atoms with Crippen molar-refractivity contribution in [3.05, 3.63) is 23.7 Å². The molecule has 6 nitrogen and oxygen atoms in total. The lowest BCUT2D eigenvalue weighted by Gasteiger charge is -2.33. The van der Waals surface area contributed by atoms with Crippen LogP contribution in [0.25, 0.3) is 0 Å². The van der Waals surface area contributed by atoms with Gasteiger partial charge in [0, 0.05) is 6.54 Å². The molecule has 0 fully saturated rings. The minimum Gasteiger partial charge on any atom is -0.480 e. The molecule has 0 atom stereocenters. The SMILES string of the molecule is CCN(C(=O)c1ccc(CN)o1)C(C)(C)C(=O)O. The van der Waals surface area contributed by atoms with Crippen LogP contribution in [0.5, 0.6) is 0 Å². The van der Waals surface area contributed by atoms with Gasteiger partial charge in [-0.05, 0) is 32.9 Å². The Hall–Kier alpha value is -1.82. The van der Waals surface area contributed by atoms with Gasteiger partial charge < -0.3 is 20.2 Å². The quantitative estimate of drug-likeness (QED) is 0.819. The predicted octanol–water partition coefficient (Wildman–Crippen LogP) is 1.06. The smallest absolute Gasteiger partial charge is 0.329 e. The number of amides is 1. The molecule has 0 radical (unpaired) electrons. The van der Waals surface area contributed by atoms with Crippen LogP contribution in [0.3, 0.4) is 0 Å². The van der Waals surface area contributed by atoms with E-state index in [1.807, 2.05) is 0 Å².